The average molecular weight is 333 g/mol. The molecule has 4 rings (SSSR count). The van der Waals surface area contributed by atoms with Crippen LogP contribution in [0, 0.1) is 17.8 Å². The van der Waals surface area contributed by atoms with Crippen molar-refractivity contribution < 1.29 is 14.3 Å². The Balaban J connectivity index is 1.48. The highest BCUT2D eigenvalue weighted by molar-refractivity contribution is 7.17. The van der Waals surface area contributed by atoms with E-state index in [1.165, 1.54) is 37.7 Å². The first kappa shape index (κ1) is 15.2. The first-order valence-electron chi connectivity index (χ1n) is 8.68. The second kappa shape index (κ2) is 5.93. The van der Waals surface area contributed by atoms with Crippen LogP contribution in [0.5, 0.6) is 0 Å². The van der Waals surface area contributed by atoms with Crippen LogP contribution < -0.4 is 5.32 Å². The first-order valence-corrected chi connectivity index (χ1v) is 9.50. The summed E-state index contributed by atoms with van der Waals surface area (Å²) in [7, 11) is 1.40. The topological polar surface area (TPSA) is 55.4 Å². The van der Waals surface area contributed by atoms with Crippen molar-refractivity contribution in [1.29, 1.82) is 0 Å². The van der Waals surface area contributed by atoms with Crippen molar-refractivity contribution in [3.8, 4) is 0 Å². The Kier molecular flexibility index (Phi) is 3.92. The smallest absolute Gasteiger partial charge is 0.341 e. The van der Waals surface area contributed by atoms with Crippen LogP contribution in [0.25, 0.3) is 0 Å². The Morgan fingerprint density at radius 3 is 2.83 bits per heavy atom. The Bertz CT molecular complexity index is 651. The van der Waals surface area contributed by atoms with Crippen LogP contribution >= 0.6 is 11.3 Å². The van der Waals surface area contributed by atoms with Gasteiger partial charge in [-0.1, -0.05) is 6.42 Å². The monoisotopic (exact) mass is 333 g/mol. The van der Waals surface area contributed by atoms with Crippen molar-refractivity contribution in [2.45, 2.75) is 51.4 Å². The third-order valence-corrected chi connectivity index (χ3v) is 7.10. The normalized spacial score (nSPS) is 28.0. The maximum atomic E-state index is 12.5. The fourth-order valence-electron chi connectivity index (χ4n) is 4.85. The summed E-state index contributed by atoms with van der Waals surface area (Å²) < 4.78 is 4.93. The molecule has 2 fully saturated rings. The standard InChI is InChI=1S/C18H23NO3S/c1-22-18(21)16-13-3-2-4-14(13)23-17(16)19-15(20)9-12-8-10-5-6-11(12)7-10/h10-12H,2-9H2,1H3,(H,19,20)/t10-,11+,12+/m0/s1. The highest BCUT2D eigenvalue weighted by Gasteiger charge is 2.40. The quantitative estimate of drug-likeness (QED) is 0.853. The van der Waals surface area contributed by atoms with E-state index >= 15 is 0 Å². The molecular formula is C18H23NO3S. The highest BCUT2D eigenvalue weighted by Crippen LogP contribution is 2.49. The lowest BCUT2D eigenvalue weighted by Gasteiger charge is -2.20. The van der Waals surface area contributed by atoms with E-state index in [9.17, 15) is 9.59 Å². The van der Waals surface area contributed by atoms with Gasteiger partial charge in [0.25, 0.3) is 0 Å². The Morgan fingerprint density at radius 2 is 2.13 bits per heavy atom. The minimum Gasteiger partial charge on any atom is -0.465 e. The van der Waals surface area contributed by atoms with Crippen LogP contribution in [0.2, 0.25) is 0 Å². The number of nitrogens with one attached hydrogen (secondary N) is 1. The van der Waals surface area contributed by atoms with Gasteiger partial charge in [0.2, 0.25) is 5.91 Å². The molecule has 1 heterocycles. The number of amides is 1. The fraction of sp³-hybridized carbons (Fsp3) is 0.667. The van der Waals surface area contributed by atoms with Crippen LogP contribution in [0.3, 0.4) is 0 Å². The number of fused-ring (bicyclic) bond motifs is 3. The zero-order valence-corrected chi connectivity index (χ0v) is 14.3. The van der Waals surface area contributed by atoms with Gasteiger partial charge in [-0.15, -0.1) is 11.3 Å². The van der Waals surface area contributed by atoms with Crippen LogP contribution in [0.15, 0.2) is 0 Å². The summed E-state index contributed by atoms with van der Waals surface area (Å²) in [5, 5.41) is 3.72. The molecule has 3 atom stereocenters. The van der Waals surface area contributed by atoms with Gasteiger partial charge < -0.3 is 10.1 Å². The Morgan fingerprint density at radius 1 is 1.26 bits per heavy atom. The number of rotatable bonds is 4. The number of hydrogen-bond acceptors (Lipinski definition) is 4. The van der Waals surface area contributed by atoms with Gasteiger partial charge in [0, 0.05) is 11.3 Å². The predicted molar refractivity (Wildman–Crippen MR) is 89.9 cm³/mol. The average Bonchev–Trinajstić information content (AvgIpc) is 3.26. The van der Waals surface area contributed by atoms with Gasteiger partial charge in [-0.25, -0.2) is 4.79 Å². The molecule has 2 saturated carbocycles. The van der Waals surface area contributed by atoms with Gasteiger partial charge in [-0.2, -0.15) is 0 Å². The molecular weight excluding hydrogens is 310 g/mol. The van der Waals surface area contributed by atoms with Gasteiger partial charge in [-0.3, -0.25) is 4.79 Å². The molecule has 124 valence electrons. The lowest BCUT2D eigenvalue weighted by atomic mass is 9.86. The zero-order chi connectivity index (χ0) is 16.0. The first-order chi connectivity index (χ1) is 11.2. The summed E-state index contributed by atoms with van der Waals surface area (Å²) in [6.07, 6.45) is 8.79. The lowest BCUT2D eigenvalue weighted by molar-refractivity contribution is -0.117. The third-order valence-electron chi connectivity index (χ3n) is 5.90. The van der Waals surface area contributed by atoms with Crippen molar-refractivity contribution >= 4 is 28.2 Å². The lowest BCUT2D eigenvalue weighted by Crippen LogP contribution is -2.21. The Hall–Kier alpha value is -1.36. The summed E-state index contributed by atoms with van der Waals surface area (Å²) in [6, 6.07) is 0. The molecule has 3 aliphatic rings. The number of carbonyl (C=O) groups excluding carboxylic acids is 2. The summed E-state index contributed by atoms with van der Waals surface area (Å²) in [5.41, 5.74) is 1.70. The molecule has 0 spiro atoms. The molecule has 23 heavy (non-hydrogen) atoms. The van der Waals surface area contributed by atoms with Crippen LogP contribution in [0.1, 0.15) is 59.3 Å². The van der Waals surface area contributed by atoms with E-state index in [-0.39, 0.29) is 11.9 Å². The second-order valence-electron chi connectivity index (χ2n) is 7.24. The molecule has 5 heteroatoms. The summed E-state index contributed by atoms with van der Waals surface area (Å²) >= 11 is 1.56. The van der Waals surface area contributed by atoms with Gasteiger partial charge in [0.05, 0.1) is 12.7 Å². The molecule has 0 unspecified atom stereocenters. The SMILES string of the molecule is COC(=O)c1c(NC(=O)C[C@H]2C[C@H]3CC[C@@H]2C3)sc2c1CCC2. The molecule has 0 saturated heterocycles. The van der Waals surface area contributed by atoms with Crippen LogP contribution in [-0.2, 0) is 22.4 Å². The Labute approximate surface area is 140 Å². The molecule has 1 aromatic rings. The number of thiophene rings is 1. The molecule has 3 aliphatic carbocycles. The molecule has 1 aromatic heterocycles. The second-order valence-corrected chi connectivity index (χ2v) is 8.35. The van der Waals surface area contributed by atoms with Crippen molar-refractivity contribution in [3.63, 3.8) is 0 Å². The van der Waals surface area contributed by atoms with E-state index in [4.69, 9.17) is 4.74 Å². The molecule has 1 amide bonds. The summed E-state index contributed by atoms with van der Waals surface area (Å²) in [5.74, 6) is 1.89. The number of methoxy groups -OCH3 is 1. The van der Waals surface area contributed by atoms with E-state index < -0.39 is 0 Å². The summed E-state index contributed by atoms with van der Waals surface area (Å²) in [6.45, 7) is 0. The van der Waals surface area contributed by atoms with Gasteiger partial charge in [0.1, 0.15) is 5.00 Å². The largest absolute Gasteiger partial charge is 0.465 e. The molecule has 0 radical (unpaired) electrons. The van der Waals surface area contributed by atoms with Crippen molar-refractivity contribution in [2.75, 3.05) is 12.4 Å². The molecule has 1 N–H and O–H groups in total. The van der Waals surface area contributed by atoms with Crippen LogP contribution in [0.4, 0.5) is 5.00 Å². The molecule has 0 aliphatic heterocycles. The maximum absolute atomic E-state index is 12.5. The number of hydrogen-bond donors (Lipinski definition) is 1. The zero-order valence-electron chi connectivity index (χ0n) is 13.5. The van der Waals surface area contributed by atoms with E-state index in [2.05, 4.69) is 5.32 Å². The number of aryl methyl sites for hydroxylation is 1. The molecule has 0 aromatic carbocycles. The number of anilines is 1. The fourth-order valence-corrected chi connectivity index (χ4v) is 6.15. The van der Waals surface area contributed by atoms with E-state index in [1.807, 2.05) is 0 Å². The molecule has 2 bridgehead atoms. The van der Waals surface area contributed by atoms with E-state index in [0.717, 1.165) is 36.7 Å². The maximum Gasteiger partial charge on any atom is 0.341 e. The van der Waals surface area contributed by atoms with Crippen molar-refractivity contribution in [3.05, 3.63) is 16.0 Å². The van der Waals surface area contributed by atoms with Gasteiger partial charge >= 0.3 is 5.97 Å². The minimum absolute atomic E-state index is 0.0626. The van der Waals surface area contributed by atoms with Crippen molar-refractivity contribution in [2.24, 2.45) is 17.8 Å². The summed E-state index contributed by atoms with van der Waals surface area (Å²) in [4.78, 5) is 25.8. The predicted octanol–water partition coefficient (Wildman–Crippen LogP) is 3.79. The van der Waals surface area contributed by atoms with E-state index in [1.54, 1.807) is 11.3 Å². The number of ether oxygens (including phenoxy) is 1. The minimum atomic E-state index is -0.320. The number of esters is 1. The number of carbonyl (C=O) groups is 2. The van der Waals surface area contributed by atoms with Gasteiger partial charge in [-0.05, 0) is 61.8 Å². The van der Waals surface area contributed by atoms with Gasteiger partial charge in [0.15, 0.2) is 0 Å². The molecule has 4 nitrogen and oxygen atoms in total. The highest BCUT2D eigenvalue weighted by atomic mass is 32.1. The third kappa shape index (κ3) is 2.69. The van der Waals surface area contributed by atoms with Crippen molar-refractivity contribution in [1.82, 2.24) is 0 Å². The van der Waals surface area contributed by atoms with Crippen LogP contribution in [-0.4, -0.2) is 19.0 Å². The van der Waals surface area contributed by atoms with E-state index in [0.29, 0.717) is 22.9 Å².